The summed E-state index contributed by atoms with van der Waals surface area (Å²) in [5.74, 6) is -1.94. The van der Waals surface area contributed by atoms with Crippen molar-refractivity contribution < 1.29 is 31.5 Å². The van der Waals surface area contributed by atoms with Gasteiger partial charge in [0.25, 0.3) is 0 Å². The fraction of sp³-hybridized carbons (Fsp3) is 0.292. The zero-order valence-corrected chi connectivity index (χ0v) is 18.8. The summed E-state index contributed by atoms with van der Waals surface area (Å²) in [6.45, 7) is 0.152. The van der Waals surface area contributed by atoms with E-state index >= 15 is 0 Å². The number of benzene rings is 3. The predicted octanol–water partition coefficient (Wildman–Crippen LogP) is 4.27. The van der Waals surface area contributed by atoms with Gasteiger partial charge in [0, 0.05) is 13.1 Å². The minimum atomic E-state index is -4.19. The first kappa shape index (κ1) is 23.1. The molecule has 0 bridgehead atoms. The van der Waals surface area contributed by atoms with E-state index in [9.17, 15) is 22.0 Å². The molecule has 33 heavy (non-hydrogen) atoms. The highest BCUT2D eigenvalue weighted by Gasteiger charge is 2.34. The molecule has 3 aromatic rings. The van der Waals surface area contributed by atoms with E-state index in [-0.39, 0.29) is 32.5 Å². The van der Waals surface area contributed by atoms with Gasteiger partial charge in [-0.2, -0.15) is 4.31 Å². The fourth-order valence-electron chi connectivity index (χ4n) is 3.91. The molecule has 3 aromatic carbocycles. The molecule has 174 valence electrons. The second kappa shape index (κ2) is 9.44. The molecular weight excluding hydrogens is 452 g/mol. The van der Waals surface area contributed by atoms with Gasteiger partial charge in [-0.15, -0.1) is 0 Å². The summed E-state index contributed by atoms with van der Waals surface area (Å²) >= 11 is 0. The van der Waals surface area contributed by atoms with Gasteiger partial charge in [0.1, 0.15) is 28.9 Å². The lowest BCUT2D eigenvalue weighted by molar-refractivity contribution is -0.151. The summed E-state index contributed by atoms with van der Waals surface area (Å²) in [5, 5.41) is 2.00. The van der Waals surface area contributed by atoms with E-state index in [4.69, 9.17) is 9.47 Å². The number of nitrogens with zero attached hydrogens (tertiary/aromatic N) is 1. The highest BCUT2D eigenvalue weighted by atomic mass is 32.2. The van der Waals surface area contributed by atoms with Crippen LogP contribution in [0.15, 0.2) is 59.5 Å². The molecule has 0 unspecified atom stereocenters. The van der Waals surface area contributed by atoms with Gasteiger partial charge in [-0.3, -0.25) is 4.79 Å². The van der Waals surface area contributed by atoms with E-state index in [1.165, 1.54) is 0 Å². The van der Waals surface area contributed by atoms with E-state index < -0.39 is 38.4 Å². The van der Waals surface area contributed by atoms with Crippen molar-refractivity contribution in [2.24, 2.45) is 5.92 Å². The summed E-state index contributed by atoms with van der Waals surface area (Å²) < 4.78 is 64.5. The number of esters is 1. The molecule has 9 heteroatoms. The van der Waals surface area contributed by atoms with Gasteiger partial charge in [0.2, 0.25) is 10.0 Å². The molecule has 4 rings (SSSR count). The Balaban J connectivity index is 1.35. The molecule has 0 amide bonds. The number of ether oxygens (including phenoxy) is 2. The molecule has 0 aliphatic carbocycles. The number of hydrogen-bond donors (Lipinski definition) is 0. The van der Waals surface area contributed by atoms with Gasteiger partial charge in [-0.05, 0) is 65.6 Å². The number of piperidine rings is 1. The zero-order chi connectivity index (χ0) is 23.6. The zero-order valence-electron chi connectivity index (χ0n) is 18.0. The predicted molar refractivity (Wildman–Crippen MR) is 118 cm³/mol. The molecule has 1 aliphatic rings. The third kappa shape index (κ3) is 4.99. The lowest BCUT2D eigenvalue weighted by Crippen LogP contribution is -2.40. The third-order valence-electron chi connectivity index (χ3n) is 5.79. The van der Waals surface area contributed by atoms with Crippen molar-refractivity contribution >= 4 is 26.8 Å². The van der Waals surface area contributed by atoms with Crippen molar-refractivity contribution in [3.63, 3.8) is 0 Å². The molecule has 1 saturated heterocycles. The molecule has 0 N–H and O–H groups in total. The number of carbonyl (C=O) groups is 1. The molecule has 6 nitrogen and oxygen atoms in total. The molecule has 0 saturated carbocycles. The van der Waals surface area contributed by atoms with Crippen LogP contribution in [0.25, 0.3) is 10.8 Å². The Hall–Kier alpha value is -3.04. The molecule has 0 spiro atoms. The molecule has 0 aromatic heterocycles. The van der Waals surface area contributed by atoms with Gasteiger partial charge < -0.3 is 9.47 Å². The summed E-state index contributed by atoms with van der Waals surface area (Å²) in [4.78, 5) is 11.8. The SMILES string of the molecule is COc1ccc2cc(COC(=O)C3CCN(S(=O)(=O)c4cc(F)ccc4F)CC3)ccc2c1. The minimum absolute atomic E-state index is 0.0237. The van der Waals surface area contributed by atoms with Crippen molar-refractivity contribution in [3.05, 3.63) is 71.8 Å². The van der Waals surface area contributed by atoms with E-state index in [2.05, 4.69) is 0 Å². The fourth-order valence-corrected chi connectivity index (χ4v) is 5.45. The van der Waals surface area contributed by atoms with Crippen molar-refractivity contribution in [2.45, 2.75) is 24.3 Å². The van der Waals surface area contributed by atoms with Crippen LogP contribution in [0.5, 0.6) is 5.75 Å². The molecule has 1 fully saturated rings. The number of rotatable bonds is 6. The molecule has 1 heterocycles. The van der Waals surface area contributed by atoms with Gasteiger partial charge in [0.15, 0.2) is 0 Å². The maximum Gasteiger partial charge on any atom is 0.309 e. The Morgan fingerprint density at radius 3 is 2.42 bits per heavy atom. The van der Waals surface area contributed by atoms with Gasteiger partial charge in [0.05, 0.1) is 13.0 Å². The summed E-state index contributed by atoms with van der Waals surface area (Å²) in [5.41, 5.74) is 0.836. The first-order chi connectivity index (χ1) is 15.8. The number of fused-ring (bicyclic) bond motifs is 1. The number of hydrogen-bond acceptors (Lipinski definition) is 5. The highest BCUT2D eigenvalue weighted by Crippen LogP contribution is 2.27. The largest absolute Gasteiger partial charge is 0.497 e. The molecule has 1 aliphatic heterocycles. The first-order valence-corrected chi connectivity index (χ1v) is 11.9. The third-order valence-corrected chi connectivity index (χ3v) is 7.70. The van der Waals surface area contributed by atoms with Gasteiger partial charge >= 0.3 is 5.97 Å². The smallest absolute Gasteiger partial charge is 0.309 e. The summed E-state index contributed by atoms with van der Waals surface area (Å²) in [6, 6.07) is 13.8. The number of halogens is 2. The van der Waals surface area contributed by atoms with E-state index in [1.807, 2.05) is 36.4 Å². The Labute approximate surface area is 190 Å². The van der Waals surface area contributed by atoms with Crippen molar-refractivity contribution in [3.8, 4) is 5.75 Å². The van der Waals surface area contributed by atoms with Crippen LogP contribution in [0.4, 0.5) is 8.78 Å². The second-order valence-electron chi connectivity index (χ2n) is 7.91. The van der Waals surface area contributed by atoms with Crippen LogP contribution in [-0.4, -0.2) is 38.9 Å². The Morgan fingerprint density at radius 2 is 1.70 bits per heavy atom. The van der Waals surface area contributed by atoms with Crippen LogP contribution >= 0.6 is 0 Å². The van der Waals surface area contributed by atoms with Crippen LogP contribution in [-0.2, 0) is 26.2 Å². The highest BCUT2D eigenvalue weighted by molar-refractivity contribution is 7.89. The lowest BCUT2D eigenvalue weighted by Gasteiger charge is -2.30. The van der Waals surface area contributed by atoms with Crippen LogP contribution in [0.2, 0.25) is 0 Å². The maximum absolute atomic E-state index is 14.0. The van der Waals surface area contributed by atoms with Crippen molar-refractivity contribution in [1.82, 2.24) is 4.31 Å². The molecular formula is C24H23F2NO5S. The summed E-state index contributed by atoms with van der Waals surface area (Å²) in [6.07, 6.45) is 0.485. The average molecular weight is 476 g/mol. The normalized spacial score (nSPS) is 15.5. The molecule has 0 radical (unpaired) electrons. The van der Waals surface area contributed by atoms with E-state index in [0.29, 0.717) is 6.07 Å². The Morgan fingerprint density at radius 1 is 1.00 bits per heavy atom. The van der Waals surface area contributed by atoms with Crippen molar-refractivity contribution in [2.75, 3.05) is 20.2 Å². The standard InChI is InChI=1S/C24H23F2NO5S/c1-31-21-6-4-18-12-16(2-3-19(18)13-21)15-32-24(28)17-8-10-27(11-9-17)33(29,30)23-14-20(25)5-7-22(23)26/h2-7,12-14,17H,8-11,15H2,1H3. The monoisotopic (exact) mass is 475 g/mol. The number of sulfonamides is 1. The molecule has 0 atom stereocenters. The van der Waals surface area contributed by atoms with E-state index in [1.54, 1.807) is 7.11 Å². The minimum Gasteiger partial charge on any atom is -0.497 e. The average Bonchev–Trinajstić information content (AvgIpc) is 2.83. The van der Waals surface area contributed by atoms with Crippen LogP contribution in [0.3, 0.4) is 0 Å². The van der Waals surface area contributed by atoms with Crippen LogP contribution in [0.1, 0.15) is 18.4 Å². The second-order valence-corrected chi connectivity index (χ2v) is 9.81. The van der Waals surface area contributed by atoms with Crippen LogP contribution in [0, 0.1) is 17.6 Å². The quantitative estimate of drug-likeness (QED) is 0.498. The maximum atomic E-state index is 14.0. The Kier molecular flexibility index (Phi) is 6.62. The summed E-state index contributed by atoms with van der Waals surface area (Å²) in [7, 11) is -2.58. The van der Waals surface area contributed by atoms with Gasteiger partial charge in [-0.1, -0.05) is 18.2 Å². The van der Waals surface area contributed by atoms with E-state index in [0.717, 1.165) is 38.5 Å². The Bertz CT molecular complexity index is 1290. The van der Waals surface area contributed by atoms with Crippen molar-refractivity contribution in [1.29, 1.82) is 0 Å². The number of methoxy groups -OCH3 is 1. The number of carbonyl (C=O) groups excluding carboxylic acids is 1. The topological polar surface area (TPSA) is 72.9 Å². The lowest BCUT2D eigenvalue weighted by atomic mass is 9.98. The van der Waals surface area contributed by atoms with Gasteiger partial charge in [-0.25, -0.2) is 17.2 Å². The van der Waals surface area contributed by atoms with Crippen LogP contribution < -0.4 is 4.74 Å². The first-order valence-electron chi connectivity index (χ1n) is 10.5.